The van der Waals surface area contributed by atoms with Crippen LogP contribution >= 0.6 is 0 Å². The second kappa shape index (κ2) is 4.99. The van der Waals surface area contributed by atoms with Crippen molar-refractivity contribution in [1.82, 2.24) is 5.32 Å². The SMILES string of the molecule is O=C(O)C1COC(c2ccc3ccccc3c2)CN1. The van der Waals surface area contributed by atoms with Crippen molar-refractivity contribution < 1.29 is 14.6 Å². The van der Waals surface area contributed by atoms with E-state index in [2.05, 4.69) is 29.6 Å². The molecule has 0 saturated carbocycles. The van der Waals surface area contributed by atoms with Crippen LogP contribution in [0.2, 0.25) is 0 Å². The molecule has 1 aliphatic rings. The molecule has 0 spiro atoms. The number of hydrogen-bond donors (Lipinski definition) is 2. The van der Waals surface area contributed by atoms with E-state index in [-0.39, 0.29) is 12.7 Å². The van der Waals surface area contributed by atoms with Crippen molar-refractivity contribution in [3.8, 4) is 0 Å². The maximum Gasteiger partial charge on any atom is 0.323 e. The van der Waals surface area contributed by atoms with Crippen LogP contribution in [0.4, 0.5) is 0 Å². The molecule has 0 bridgehead atoms. The molecule has 1 saturated heterocycles. The number of aliphatic carboxylic acids is 1. The fraction of sp³-hybridized carbons (Fsp3) is 0.267. The molecule has 0 aromatic heterocycles. The third-order valence-electron chi connectivity index (χ3n) is 3.46. The zero-order chi connectivity index (χ0) is 13.2. The van der Waals surface area contributed by atoms with E-state index in [1.54, 1.807) is 0 Å². The minimum Gasteiger partial charge on any atom is -0.480 e. The first kappa shape index (κ1) is 12.1. The van der Waals surface area contributed by atoms with Gasteiger partial charge in [-0.25, -0.2) is 0 Å². The molecule has 4 nitrogen and oxygen atoms in total. The molecule has 2 atom stereocenters. The van der Waals surface area contributed by atoms with Crippen molar-refractivity contribution in [2.24, 2.45) is 0 Å². The predicted octanol–water partition coefficient (Wildman–Crippen LogP) is 1.95. The van der Waals surface area contributed by atoms with Gasteiger partial charge in [0.25, 0.3) is 0 Å². The fourth-order valence-electron chi connectivity index (χ4n) is 2.36. The molecule has 98 valence electrons. The number of carboxylic acids is 1. The number of hydrogen-bond acceptors (Lipinski definition) is 3. The molecule has 2 unspecified atom stereocenters. The highest BCUT2D eigenvalue weighted by Crippen LogP contribution is 2.24. The molecule has 0 amide bonds. The summed E-state index contributed by atoms with van der Waals surface area (Å²) in [7, 11) is 0. The van der Waals surface area contributed by atoms with Crippen LogP contribution in [0.5, 0.6) is 0 Å². The van der Waals surface area contributed by atoms with Crippen LogP contribution in [0.3, 0.4) is 0 Å². The lowest BCUT2D eigenvalue weighted by Crippen LogP contribution is -2.47. The lowest BCUT2D eigenvalue weighted by atomic mass is 10.0. The van der Waals surface area contributed by atoms with Crippen LogP contribution in [-0.2, 0) is 9.53 Å². The molecule has 1 fully saturated rings. The quantitative estimate of drug-likeness (QED) is 0.863. The van der Waals surface area contributed by atoms with Crippen molar-refractivity contribution in [1.29, 1.82) is 0 Å². The van der Waals surface area contributed by atoms with E-state index in [0.29, 0.717) is 6.54 Å². The van der Waals surface area contributed by atoms with Gasteiger partial charge in [-0.1, -0.05) is 36.4 Å². The number of morpholine rings is 1. The first-order valence-corrected chi connectivity index (χ1v) is 6.30. The summed E-state index contributed by atoms with van der Waals surface area (Å²) in [5.74, 6) is -0.864. The first-order chi connectivity index (χ1) is 9.24. The highest BCUT2D eigenvalue weighted by atomic mass is 16.5. The standard InChI is InChI=1S/C15H15NO3/c17-15(18)13-9-19-14(8-16-13)12-6-5-10-3-1-2-4-11(10)7-12/h1-7,13-14,16H,8-9H2,(H,17,18). The minimum absolute atomic E-state index is 0.0831. The van der Waals surface area contributed by atoms with E-state index in [4.69, 9.17) is 9.84 Å². The van der Waals surface area contributed by atoms with Gasteiger partial charge >= 0.3 is 5.97 Å². The van der Waals surface area contributed by atoms with E-state index < -0.39 is 12.0 Å². The maximum absolute atomic E-state index is 10.8. The smallest absolute Gasteiger partial charge is 0.323 e. The normalized spacial score (nSPS) is 23.4. The number of benzene rings is 2. The third-order valence-corrected chi connectivity index (χ3v) is 3.46. The van der Waals surface area contributed by atoms with E-state index in [1.165, 1.54) is 10.8 Å². The van der Waals surface area contributed by atoms with Gasteiger partial charge in [0.2, 0.25) is 0 Å². The van der Waals surface area contributed by atoms with Gasteiger partial charge in [0, 0.05) is 6.54 Å². The molecule has 0 radical (unpaired) electrons. The molecule has 0 aliphatic carbocycles. The average Bonchev–Trinajstić information content (AvgIpc) is 2.47. The Labute approximate surface area is 111 Å². The van der Waals surface area contributed by atoms with Crippen LogP contribution in [0.1, 0.15) is 11.7 Å². The van der Waals surface area contributed by atoms with E-state index in [1.807, 2.05) is 18.2 Å². The van der Waals surface area contributed by atoms with Crippen LogP contribution in [0.25, 0.3) is 10.8 Å². The highest BCUT2D eigenvalue weighted by Gasteiger charge is 2.26. The van der Waals surface area contributed by atoms with Gasteiger partial charge in [-0.2, -0.15) is 0 Å². The monoisotopic (exact) mass is 257 g/mol. The summed E-state index contributed by atoms with van der Waals surface area (Å²) < 4.78 is 5.64. The molecule has 1 heterocycles. The summed E-state index contributed by atoms with van der Waals surface area (Å²) in [4.78, 5) is 10.8. The van der Waals surface area contributed by atoms with Crippen LogP contribution in [0.15, 0.2) is 42.5 Å². The molecule has 2 aromatic carbocycles. The summed E-state index contributed by atoms with van der Waals surface area (Å²) in [6.07, 6.45) is -0.0831. The molecule has 2 aromatic rings. The minimum atomic E-state index is -0.864. The molecule has 1 aliphatic heterocycles. The zero-order valence-corrected chi connectivity index (χ0v) is 10.4. The van der Waals surface area contributed by atoms with Crippen LogP contribution in [-0.4, -0.2) is 30.3 Å². The maximum atomic E-state index is 10.8. The summed E-state index contributed by atoms with van der Waals surface area (Å²) in [6.45, 7) is 0.724. The zero-order valence-electron chi connectivity index (χ0n) is 10.4. The molecule has 4 heteroatoms. The Kier molecular flexibility index (Phi) is 3.19. The van der Waals surface area contributed by atoms with Crippen molar-refractivity contribution in [2.45, 2.75) is 12.1 Å². The largest absolute Gasteiger partial charge is 0.480 e. The lowest BCUT2D eigenvalue weighted by molar-refractivity contribution is -0.144. The fourth-order valence-corrected chi connectivity index (χ4v) is 2.36. The Balaban J connectivity index is 1.80. The predicted molar refractivity (Wildman–Crippen MR) is 72.1 cm³/mol. The van der Waals surface area contributed by atoms with Crippen molar-refractivity contribution >= 4 is 16.7 Å². The van der Waals surface area contributed by atoms with Gasteiger partial charge in [-0.05, 0) is 22.4 Å². The first-order valence-electron chi connectivity index (χ1n) is 6.30. The van der Waals surface area contributed by atoms with Gasteiger partial charge < -0.3 is 9.84 Å². The highest BCUT2D eigenvalue weighted by molar-refractivity contribution is 5.83. The summed E-state index contributed by atoms with van der Waals surface area (Å²) in [5.41, 5.74) is 1.08. The molecule has 2 N–H and O–H groups in total. The Bertz CT molecular complexity index is 603. The summed E-state index contributed by atoms with van der Waals surface area (Å²) in [6, 6.07) is 13.8. The molecular formula is C15H15NO3. The topological polar surface area (TPSA) is 58.6 Å². The Morgan fingerprint density at radius 1 is 1.21 bits per heavy atom. The third kappa shape index (κ3) is 2.45. The van der Waals surface area contributed by atoms with Crippen LogP contribution < -0.4 is 5.32 Å². The Morgan fingerprint density at radius 2 is 2.00 bits per heavy atom. The molecule has 19 heavy (non-hydrogen) atoms. The van der Waals surface area contributed by atoms with Gasteiger partial charge in [0.05, 0.1) is 12.7 Å². The number of rotatable bonds is 2. The van der Waals surface area contributed by atoms with Crippen molar-refractivity contribution in [2.75, 3.05) is 13.2 Å². The molecular weight excluding hydrogens is 242 g/mol. The van der Waals surface area contributed by atoms with E-state index >= 15 is 0 Å². The number of carbonyl (C=O) groups is 1. The number of ether oxygens (including phenoxy) is 1. The molecule has 3 rings (SSSR count). The summed E-state index contributed by atoms with van der Waals surface area (Å²) >= 11 is 0. The Hall–Kier alpha value is -1.91. The van der Waals surface area contributed by atoms with Gasteiger partial charge in [0.15, 0.2) is 0 Å². The van der Waals surface area contributed by atoms with Crippen molar-refractivity contribution in [3.63, 3.8) is 0 Å². The van der Waals surface area contributed by atoms with Gasteiger partial charge in [-0.15, -0.1) is 0 Å². The number of fused-ring (bicyclic) bond motifs is 1. The van der Waals surface area contributed by atoms with Gasteiger partial charge in [0.1, 0.15) is 6.04 Å². The number of nitrogens with one attached hydrogen (secondary N) is 1. The number of carboxylic acid groups (broad SMARTS) is 1. The lowest BCUT2D eigenvalue weighted by Gasteiger charge is -2.28. The summed E-state index contributed by atoms with van der Waals surface area (Å²) in [5, 5.41) is 14.2. The second-order valence-corrected chi connectivity index (χ2v) is 4.73. The van der Waals surface area contributed by atoms with Crippen molar-refractivity contribution in [3.05, 3.63) is 48.0 Å². The van der Waals surface area contributed by atoms with Crippen LogP contribution in [0, 0.1) is 0 Å². The van der Waals surface area contributed by atoms with Gasteiger partial charge in [-0.3, -0.25) is 10.1 Å². The average molecular weight is 257 g/mol. The van der Waals surface area contributed by atoms with E-state index in [0.717, 1.165) is 5.56 Å². The Morgan fingerprint density at radius 3 is 2.68 bits per heavy atom. The second-order valence-electron chi connectivity index (χ2n) is 4.73. The van der Waals surface area contributed by atoms with E-state index in [9.17, 15) is 4.79 Å².